The molecule has 0 aromatic heterocycles. The number of carbonyl (C=O) groups excluding carboxylic acids is 2. The van der Waals surface area contributed by atoms with Crippen molar-refractivity contribution in [3.05, 3.63) is 48.6 Å². The SMILES string of the molecule is CCCCC/C=C\C/C=C\CCCCCCCCCCCC(=O)OCCCCCCCCCCC/C=C\C/C=C\CCCCCCCCCC(=O)NC(CO)C(O)CCCCCCCCCCCCCCCCCCC. The lowest BCUT2D eigenvalue weighted by Crippen LogP contribution is -2.45. The fourth-order valence-corrected chi connectivity index (χ4v) is 10.4. The maximum atomic E-state index is 12.5. The standard InChI is InChI=1S/C70H131NO5/c1-3-5-7-9-11-13-15-17-19-21-27-32-36-40-44-48-52-56-60-64-70(75)76-65-61-57-53-49-45-41-37-33-29-26-24-22-23-25-28-31-35-39-43-47-51-55-59-63-69(74)71-67(66-72)68(73)62-58-54-50-46-42-38-34-30-20-18-16-14-12-10-8-6-4-2/h11,13,17,19,22,24-25,28,67-68,72-73H,3-10,12,14-16,18,20-21,23,26-27,29-66H2,1-2H3,(H,71,74)/b13-11-,19-17-,24-22-,28-25-. The zero-order chi connectivity index (χ0) is 55.0. The van der Waals surface area contributed by atoms with Crippen LogP contribution in [0.3, 0.4) is 0 Å². The molecule has 0 spiro atoms. The van der Waals surface area contributed by atoms with Gasteiger partial charge in [0.1, 0.15) is 0 Å². The van der Waals surface area contributed by atoms with Gasteiger partial charge in [0, 0.05) is 12.8 Å². The molecule has 0 aliphatic carbocycles. The van der Waals surface area contributed by atoms with Crippen molar-refractivity contribution in [3.63, 3.8) is 0 Å². The van der Waals surface area contributed by atoms with E-state index < -0.39 is 12.1 Å². The number of ether oxygens (including phenoxy) is 1. The van der Waals surface area contributed by atoms with E-state index in [0.717, 1.165) is 64.2 Å². The van der Waals surface area contributed by atoms with Crippen molar-refractivity contribution in [2.75, 3.05) is 13.2 Å². The molecule has 0 radical (unpaired) electrons. The van der Waals surface area contributed by atoms with E-state index in [-0.39, 0.29) is 18.5 Å². The Kier molecular flexibility index (Phi) is 63.5. The van der Waals surface area contributed by atoms with E-state index in [0.29, 0.717) is 25.9 Å². The van der Waals surface area contributed by atoms with Gasteiger partial charge in [-0.15, -0.1) is 0 Å². The maximum absolute atomic E-state index is 12.5. The minimum Gasteiger partial charge on any atom is -0.466 e. The molecule has 0 saturated carbocycles. The second kappa shape index (κ2) is 65.3. The molecular formula is C70H131NO5. The third-order valence-electron chi connectivity index (χ3n) is 15.6. The van der Waals surface area contributed by atoms with Crippen LogP contribution in [0.25, 0.3) is 0 Å². The third-order valence-corrected chi connectivity index (χ3v) is 15.6. The van der Waals surface area contributed by atoms with Crippen LogP contribution in [0.1, 0.15) is 361 Å². The first-order chi connectivity index (χ1) is 37.5. The molecule has 0 rings (SSSR count). The summed E-state index contributed by atoms with van der Waals surface area (Å²) >= 11 is 0. The molecule has 6 heteroatoms. The Balaban J connectivity index is 3.44. The monoisotopic (exact) mass is 1070 g/mol. The minimum absolute atomic E-state index is 0.00346. The molecule has 0 aromatic rings. The number of esters is 1. The smallest absolute Gasteiger partial charge is 0.305 e. The summed E-state index contributed by atoms with van der Waals surface area (Å²) in [6, 6.07) is -0.550. The maximum Gasteiger partial charge on any atom is 0.305 e. The van der Waals surface area contributed by atoms with Crippen molar-refractivity contribution < 1.29 is 24.5 Å². The highest BCUT2D eigenvalue weighted by molar-refractivity contribution is 5.76. The summed E-state index contributed by atoms with van der Waals surface area (Å²) in [5, 5.41) is 23.3. The zero-order valence-electron chi connectivity index (χ0n) is 51.0. The van der Waals surface area contributed by atoms with Gasteiger partial charge in [0.2, 0.25) is 5.91 Å². The highest BCUT2D eigenvalue weighted by Crippen LogP contribution is 2.18. The van der Waals surface area contributed by atoms with E-state index in [1.165, 1.54) is 263 Å². The molecule has 0 aliphatic rings. The Hall–Kier alpha value is -2.18. The van der Waals surface area contributed by atoms with Crippen molar-refractivity contribution in [3.8, 4) is 0 Å². The Morgan fingerprint density at radius 1 is 0.368 bits per heavy atom. The summed E-state index contributed by atoms with van der Waals surface area (Å²) in [6.07, 6.45) is 84.2. The molecule has 76 heavy (non-hydrogen) atoms. The fourth-order valence-electron chi connectivity index (χ4n) is 10.4. The van der Waals surface area contributed by atoms with E-state index >= 15 is 0 Å². The molecule has 0 saturated heterocycles. The molecule has 2 atom stereocenters. The highest BCUT2D eigenvalue weighted by Gasteiger charge is 2.20. The number of amides is 1. The van der Waals surface area contributed by atoms with Crippen molar-refractivity contribution in [2.24, 2.45) is 0 Å². The molecule has 3 N–H and O–H groups in total. The number of hydrogen-bond donors (Lipinski definition) is 3. The van der Waals surface area contributed by atoms with Crippen LogP contribution in [0.4, 0.5) is 0 Å². The second-order valence-corrected chi connectivity index (χ2v) is 23.1. The number of allylic oxidation sites excluding steroid dienone is 8. The first kappa shape index (κ1) is 73.8. The highest BCUT2D eigenvalue weighted by atomic mass is 16.5. The largest absolute Gasteiger partial charge is 0.466 e. The normalized spacial score (nSPS) is 12.8. The number of carbonyl (C=O) groups is 2. The van der Waals surface area contributed by atoms with Crippen LogP contribution < -0.4 is 5.32 Å². The predicted octanol–water partition coefficient (Wildman–Crippen LogP) is 21.7. The van der Waals surface area contributed by atoms with Crippen molar-refractivity contribution in [1.82, 2.24) is 5.32 Å². The van der Waals surface area contributed by atoms with Crippen molar-refractivity contribution in [2.45, 2.75) is 373 Å². The van der Waals surface area contributed by atoms with Gasteiger partial charge in [0.05, 0.1) is 25.4 Å². The lowest BCUT2D eigenvalue weighted by molar-refractivity contribution is -0.143. The molecule has 0 heterocycles. The van der Waals surface area contributed by atoms with Crippen LogP contribution in [0.5, 0.6) is 0 Å². The molecule has 1 amide bonds. The van der Waals surface area contributed by atoms with E-state index in [1.54, 1.807) is 0 Å². The molecule has 6 nitrogen and oxygen atoms in total. The molecule has 2 unspecified atom stereocenters. The van der Waals surface area contributed by atoms with Gasteiger partial charge >= 0.3 is 5.97 Å². The van der Waals surface area contributed by atoms with E-state index in [9.17, 15) is 19.8 Å². The number of unbranched alkanes of at least 4 members (excludes halogenated alkanes) is 44. The second-order valence-electron chi connectivity index (χ2n) is 23.1. The first-order valence-corrected chi connectivity index (χ1v) is 33.9. The zero-order valence-corrected chi connectivity index (χ0v) is 51.0. The van der Waals surface area contributed by atoms with E-state index in [2.05, 4.69) is 67.8 Å². The Bertz CT molecular complexity index is 1270. The first-order valence-electron chi connectivity index (χ1n) is 33.9. The minimum atomic E-state index is -0.672. The van der Waals surface area contributed by atoms with Crippen molar-refractivity contribution >= 4 is 11.9 Å². The summed E-state index contributed by atoms with van der Waals surface area (Å²) < 4.78 is 5.50. The van der Waals surface area contributed by atoms with Gasteiger partial charge in [-0.2, -0.15) is 0 Å². The Morgan fingerprint density at radius 3 is 1.03 bits per heavy atom. The van der Waals surface area contributed by atoms with Gasteiger partial charge in [0.25, 0.3) is 0 Å². The van der Waals surface area contributed by atoms with Gasteiger partial charge in [-0.3, -0.25) is 9.59 Å². The van der Waals surface area contributed by atoms with Crippen LogP contribution >= 0.6 is 0 Å². The van der Waals surface area contributed by atoms with Crippen LogP contribution in [0, 0.1) is 0 Å². The molecule has 446 valence electrons. The summed E-state index contributed by atoms with van der Waals surface area (Å²) in [6.45, 7) is 4.94. The molecular weight excluding hydrogens is 935 g/mol. The number of aliphatic hydroxyl groups is 2. The van der Waals surface area contributed by atoms with Crippen LogP contribution in [-0.4, -0.2) is 47.4 Å². The number of nitrogens with one attached hydrogen (secondary N) is 1. The molecule has 0 bridgehead atoms. The molecule has 0 aliphatic heterocycles. The average Bonchev–Trinajstić information content (AvgIpc) is 3.42. The third kappa shape index (κ3) is 61.0. The fraction of sp³-hybridized carbons (Fsp3) is 0.857. The summed E-state index contributed by atoms with van der Waals surface area (Å²) in [4.78, 5) is 24.6. The van der Waals surface area contributed by atoms with Crippen LogP contribution in [0.15, 0.2) is 48.6 Å². The number of hydrogen-bond acceptors (Lipinski definition) is 5. The lowest BCUT2D eigenvalue weighted by Gasteiger charge is -2.22. The predicted molar refractivity (Wildman–Crippen MR) is 333 cm³/mol. The van der Waals surface area contributed by atoms with E-state index in [4.69, 9.17) is 4.74 Å². The summed E-state index contributed by atoms with van der Waals surface area (Å²) in [5.74, 6) is -0.0400. The molecule has 0 aromatic carbocycles. The Labute approximate surface area is 474 Å². The average molecular weight is 1070 g/mol. The quantitative estimate of drug-likeness (QED) is 0.0320. The topological polar surface area (TPSA) is 95.9 Å². The summed E-state index contributed by atoms with van der Waals surface area (Å²) in [5.41, 5.74) is 0. The van der Waals surface area contributed by atoms with Crippen molar-refractivity contribution in [1.29, 1.82) is 0 Å². The van der Waals surface area contributed by atoms with Gasteiger partial charge in [-0.05, 0) is 89.9 Å². The number of aliphatic hydroxyl groups excluding tert-OH is 2. The van der Waals surface area contributed by atoms with E-state index in [1.807, 2.05) is 0 Å². The van der Waals surface area contributed by atoms with Gasteiger partial charge in [-0.1, -0.05) is 306 Å². The number of rotatable bonds is 63. The summed E-state index contributed by atoms with van der Waals surface area (Å²) in [7, 11) is 0. The van der Waals surface area contributed by atoms with Gasteiger partial charge in [0.15, 0.2) is 0 Å². The van der Waals surface area contributed by atoms with Crippen LogP contribution in [-0.2, 0) is 14.3 Å². The Morgan fingerprint density at radius 2 is 0.658 bits per heavy atom. The van der Waals surface area contributed by atoms with Gasteiger partial charge < -0.3 is 20.3 Å². The van der Waals surface area contributed by atoms with Crippen LogP contribution in [0.2, 0.25) is 0 Å². The lowest BCUT2D eigenvalue weighted by atomic mass is 10.0. The molecule has 0 fully saturated rings. The van der Waals surface area contributed by atoms with Gasteiger partial charge in [-0.25, -0.2) is 0 Å².